The van der Waals surface area contributed by atoms with Crippen LogP contribution in [0.25, 0.3) is 16.5 Å². The molecule has 0 spiro atoms. The second kappa shape index (κ2) is 9.19. The Balaban J connectivity index is 2.18. The zero-order valence-electron chi connectivity index (χ0n) is 16.0. The number of alkyl halides is 1. The molecule has 0 unspecified atom stereocenters. The van der Waals surface area contributed by atoms with Crippen molar-refractivity contribution in [1.82, 2.24) is 9.78 Å². The molecule has 0 bridgehead atoms. The predicted molar refractivity (Wildman–Crippen MR) is 114 cm³/mol. The van der Waals surface area contributed by atoms with Crippen LogP contribution in [0, 0.1) is 6.92 Å². The maximum Gasteiger partial charge on any atom is 0.359 e. The Labute approximate surface area is 176 Å². The average molecular weight is 434 g/mol. The van der Waals surface area contributed by atoms with Gasteiger partial charge in [-0.15, -0.1) is 22.9 Å². The van der Waals surface area contributed by atoms with E-state index in [2.05, 4.69) is 10.4 Å². The molecule has 0 radical (unpaired) electrons. The number of carbonyl (C=O) groups excluding carboxylic acids is 2. The maximum atomic E-state index is 13.2. The first-order valence-corrected chi connectivity index (χ1v) is 10.5. The number of hydrogen-bond acceptors (Lipinski definition) is 6. The maximum absolute atomic E-state index is 13.2. The molecule has 1 aromatic carbocycles. The van der Waals surface area contributed by atoms with Crippen LogP contribution in [0.1, 0.15) is 35.8 Å². The number of rotatable bonds is 7. The Hall–Kier alpha value is -2.71. The molecule has 3 rings (SSSR count). The summed E-state index contributed by atoms with van der Waals surface area (Å²) in [6, 6.07) is 7.19. The van der Waals surface area contributed by atoms with Crippen molar-refractivity contribution in [3.63, 3.8) is 0 Å². The highest BCUT2D eigenvalue weighted by molar-refractivity contribution is 7.16. The quantitative estimate of drug-likeness (QED) is 0.451. The summed E-state index contributed by atoms with van der Waals surface area (Å²) in [6.07, 6.45) is 0.769. The fourth-order valence-electron chi connectivity index (χ4n) is 2.77. The zero-order chi connectivity index (χ0) is 21.0. The van der Waals surface area contributed by atoms with Crippen molar-refractivity contribution >= 4 is 50.6 Å². The van der Waals surface area contributed by atoms with Crippen LogP contribution < -0.4 is 10.9 Å². The lowest BCUT2D eigenvalue weighted by Crippen LogP contribution is -2.25. The molecule has 0 aliphatic carbocycles. The second-order valence-electron chi connectivity index (χ2n) is 6.32. The van der Waals surface area contributed by atoms with Crippen molar-refractivity contribution in [3.8, 4) is 5.69 Å². The number of ether oxygens (including phenoxy) is 1. The van der Waals surface area contributed by atoms with E-state index in [4.69, 9.17) is 16.3 Å². The standard InChI is InChI=1S/C20H20ClN3O4S/c1-3-28-20(27)17-14-11-29-18(22-15(25)5-4-10-21)16(14)19(26)24(23-17)13-8-6-12(2)7-9-13/h6-9,11H,3-5,10H2,1-2H3,(H,22,25). The van der Waals surface area contributed by atoms with Gasteiger partial charge in [-0.2, -0.15) is 9.78 Å². The van der Waals surface area contributed by atoms with Gasteiger partial charge in [-0.25, -0.2) is 4.79 Å². The van der Waals surface area contributed by atoms with E-state index in [0.717, 1.165) is 10.2 Å². The van der Waals surface area contributed by atoms with Gasteiger partial charge < -0.3 is 10.1 Å². The first-order valence-electron chi connectivity index (χ1n) is 9.10. The summed E-state index contributed by atoms with van der Waals surface area (Å²) >= 11 is 6.81. The van der Waals surface area contributed by atoms with E-state index in [1.54, 1.807) is 24.4 Å². The van der Waals surface area contributed by atoms with E-state index in [-0.39, 0.29) is 30.0 Å². The minimum absolute atomic E-state index is 0.0273. The number of benzene rings is 1. The molecule has 9 heteroatoms. The summed E-state index contributed by atoms with van der Waals surface area (Å²) in [5.74, 6) is -0.503. The van der Waals surface area contributed by atoms with Gasteiger partial charge in [0.2, 0.25) is 5.91 Å². The summed E-state index contributed by atoms with van der Waals surface area (Å²) in [5.41, 5.74) is 1.14. The molecule has 2 aromatic heterocycles. The van der Waals surface area contributed by atoms with Crippen molar-refractivity contribution in [2.45, 2.75) is 26.7 Å². The highest BCUT2D eigenvalue weighted by Crippen LogP contribution is 2.30. The molecule has 0 aliphatic heterocycles. The van der Waals surface area contributed by atoms with E-state index in [1.807, 2.05) is 19.1 Å². The first-order chi connectivity index (χ1) is 14.0. The van der Waals surface area contributed by atoms with Crippen LogP contribution in [0.4, 0.5) is 5.00 Å². The van der Waals surface area contributed by atoms with Crippen LogP contribution in [0.2, 0.25) is 0 Å². The molecule has 0 fully saturated rings. The van der Waals surface area contributed by atoms with E-state index >= 15 is 0 Å². The Bertz CT molecular complexity index is 1110. The Kier molecular flexibility index (Phi) is 6.66. The summed E-state index contributed by atoms with van der Waals surface area (Å²) < 4.78 is 6.28. The predicted octanol–water partition coefficient (Wildman–Crippen LogP) is 3.89. The number of esters is 1. The third-order valence-corrected chi connectivity index (χ3v) is 5.35. The second-order valence-corrected chi connectivity index (χ2v) is 7.57. The van der Waals surface area contributed by atoms with Gasteiger partial charge in [-0.05, 0) is 32.4 Å². The monoisotopic (exact) mass is 433 g/mol. The van der Waals surface area contributed by atoms with Gasteiger partial charge in [0.25, 0.3) is 5.56 Å². The highest BCUT2D eigenvalue weighted by Gasteiger charge is 2.23. The summed E-state index contributed by atoms with van der Waals surface area (Å²) in [5, 5.41) is 9.61. The van der Waals surface area contributed by atoms with Gasteiger partial charge in [0.1, 0.15) is 5.00 Å². The Morgan fingerprint density at radius 1 is 1.28 bits per heavy atom. The normalized spacial score (nSPS) is 10.9. The molecule has 1 amide bonds. The fourth-order valence-corrected chi connectivity index (χ4v) is 3.86. The molecule has 152 valence electrons. The van der Waals surface area contributed by atoms with E-state index < -0.39 is 11.5 Å². The van der Waals surface area contributed by atoms with Gasteiger partial charge in [-0.1, -0.05) is 17.7 Å². The number of amides is 1. The van der Waals surface area contributed by atoms with Crippen LogP contribution in [0.5, 0.6) is 0 Å². The number of aromatic nitrogens is 2. The molecular formula is C20H20ClN3O4S. The van der Waals surface area contributed by atoms with Gasteiger partial charge in [0.05, 0.1) is 17.7 Å². The summed E-state index contributed by atoms with van der Waals surface area (Å²) in [4.78, 5) is 37.8. The molecule has 3 aromatic rings. The molecule has 1 N–H and O–H groups in total. The number of nitrogens with one attached hydrogen (secondary N) is 1. The molecule has 29 heavy (non-hydrogen) atoms. The van der Waals surface area contributed by atoms with Gasteiger partial charge in [0, 0.05) is 23.1 Å². The van der Waals surface area contributed by atoms with Crippen molar-refractivity contribution in [1.29, 1.82) is 0 Å². The lowest BCUT2D eigenvalue weighted by atomic mass is 10.2. The number of carbonyl (C=O) groups is 2. The molecule has 7 nitrogen and oxygen atoms in total. The summed E-state index contributed by atoms with van der Waals surface area (Å²) in [7, 11) is 0. The third kappa shape index (κ3) is 4.49. The van der Waals surface area contributed by atoms with Crippen LogP contribution >= 0.6 is 22.9 Å². The van der Waals surface area contributed by atoms with Gasteiger partial charge >= 0.3 is 5.97 Å². The largest absolute Gasteiger partial charge is 0.461 e. The molecule has 0 saturated heterocycles. The van der Waals surface area contributed by atoms with E-state index in [0.29, 0.717) is 28.4 Å². The van der Waals surface area contributed by atoms with Crippen molar-refractivity contribution in [3.05, 3.63) is 51.3 Å². The average Bonchev–Trinajstić information content (AvgIpc) is 3.12. The molecule has 0 atom stereocenters. The van der Waals surface area contributed by atoms with Crippen molar-refractivity contribution in [2.24, 2.45) is 0 Å². The highest BCUT2D eigenvalue weighted by atomic mass is 35.5. The van der Waals surface area contributed by atoms with Crippen LogP contribution in [0.15, 0.2) is 34.4 Å². The SMILES string of the molecule is CCOC(=O)c1nn(-c2ccc(C)cc2)c(=O)c2c(NC(=O)CCCCl)scc12. The number of nitrogens with zero attached hydrogens (tertiary/aromatic N) is 2. The fraction of sp³-hybridized carbons (Fsp3) is 0.300. The van der Waals surface area contributed by atoms with Gasteiger partial charge in [-0.3, -0.25) is 9.59 Å². The van der Waals surface area contributed by atoms with E-state index in [9.17, 15) is 14.4 Å². The number of thiophene rings is 1. The molecule has 0 saturated carbocycles. The smallest absolute Gasteiger partial charge is 0.359 e. The third-order valence-electron chi connectivity index (χ3n) is 4.19. The van der Waals surface area contributed by atoms with Crippen LogP contribution in [-0.4, -0.2) is 34.1 Å². The molecular weight excluding hydrogens is 414 g/mol. The minimum atomic E-state index is -0.629. The Morgan fingerprint density at radius 3 is 2.66 bits per heavy atom. The number of halogens is 1. The number of anilines is 1. The van der Waals surface area contributed by atoms with Crippen molar-refractivity contribution < 1.29 is 14.3 Å². The van der Waals surface area contributed by atoms with E-state index in [1.165, 1.54) is 11.3 Å². The van der Waals surface area contributed by atoms with Crippen molar-refractivity contribution in [2.75, 3.05) is 17.8 Å². The number of hydrogen-bond donors (Lipinski definition) is 1. The topological polar surface area (TPSA) is 90.3 Å². The molecule has 2 heterocycles. The number of fused-ring (bicyclic) bond motifs is 1. The summed E-state index contributed by atoms with van der Waals surface area (Å²) in [6.45, 7) is 3.81. The Morgan fingerprint density at radius 2 is 2.00 bits per heavy atom. The minimum Gasteiger partial charge on any atom is -0.461 e. The van der Waals surface area contributed by atoms with Crippen LogP contribution in [-0.2, 0) is 9.53 Å². The zero-order valence-corrected chi connectivity index (χ0v) is 17.6. The lowest BCUT2D eigenvalue weighted by molar-refractivity contribution is -0.116. The molecule has 0 aliphatic rings. The van der Waals surface area contributed by atoms with Crippen LogP contribution in [0.3, 0.4) is 0 Å². The number of aryl methyl sites for hydroxylation is 1. The first kappa shape index (κ1) is 21.0. The lowest BCUT2D eigenvalue weighted by Gasteiger charge is -2.10. The van der Waals surface area contributed by atoms with Gasteiger partial charge in [0.15, 0.2) is 5.69 Å².